The van der Waals surface area contributed by atoms with Gasteiger partial charge in [0.05, 0.1) is 5.56 Å². The van der Waals surface area contributed by atoms with Crippen LogP contribution in [0.15, 0.2) is 54.6 Å². The van der Waals surface area contributed by atoms with Crippen molar-refractivity contribution in [3.8, 4) is 5.75 Å². The van der Waals surface area contributed by atoms with Crippen LogP contribution in [0.1, 0.15) is 15.9 Å². The Morgan fingerprint density at radius 2 is 1.67 bits per heavy atom. The van der Waals surface area contributed by atoms with Crippen molar-refractivity contribution in [3.63, 3.8) is 0 Å². The van der Waals surface area contributed by atoms with Crippen molar-refractivity contribution in [2.45, 2.75) is 6.92 Å². The Bertz CT molecular complexity index is 503. The molecule has 0 atom stereocenters. The van der Waals surface area contributed by atoms with Gasteiger partial charge in [-0.25, -0.2) is 4.79 Å². The quantitative estimate of drug-likeness (QED) is 0.610. The monoisotopic (exact) mass is 242 g/mol. The zero-order valence-electron chi connectivity index (χ0n) is 10.1. The van der Waals surface area contributed by atoms with Gasteiger partial charge in [0.2, 0.25) is 6.79 Å². The summed E-state index contributed by atoms with van der Waals surface area (Å²) in [5, 5.41) is 0. The van der Waals surface area contributed by atoms with Crippen LogP contribution in [0.3, 0.4) is 0 Å². The van der Waals surface area contributed by atoms with Crippen molar-refractivity contribution in [2.75, 3.05) is 6.79 Å². The zero-order valence-corrected chi connectivity index (χ0v) is 10.1. The van der Waals surface area contributed by atoms with E-state index in [-0.39, 0.29) is 12.8 Å². The molecule has 0 heterocycles. The number of benzene rings is 2. The number of carbonyl (C=O) groups excluding carboxylic acids is 1. The molecule has 0 amide bonds. The number of ether oxygens (including phenoxy) is 2. The van der Waals surface area contributed by atoms with Gasteiger partial charge < -0.3 is 9.47 Å². The topological polar surface area (TPSA) is 35.5 Å². The van der Waals surface area contributed by atoms with Crippen LogP contribution in [-0.4, -0.2) is 12.8 Å². The molecule has 0 fully saturated rings. The van der Waals surface area contributed by atoms with Crippen LogP contribution in [0, 0.1) is 6.92 Å². The Balaban J connectivity index is 1.82. The van der Waals surface area contributed by atoms with Gasteiger partial charge in [-0.15, -0.1) is 0 Å². The first-order valence-electron chi connectivity index (χ1n) is 5.67. The Morgan fingerprint density at radius 1 is 1.00 bits per heavy atom. The van der Waals surface area contributed by atoms with E-state index < -0.39 is 0 Å². The number of aryl methyl sites for hydroxylation is 1. The second kappa shape index (κ2) is 5.87. The molecule has 2 aromatic carbocycles. The maximum absolute atomic E-state index is 11.6. The molecule has 0 N–H and O–H groups in total. The van der Waals surface area contributed by atoms with Gasteiger partial charge in [0.15, 0.2) is 0 Å². The van der Waals surface area contributed by atoms with E-state index in [4.69, 9.17) is 9.47 Å². The summed E-state index contributed by atoms with van der Waals surface area (Å²) in [5.74, 6) is 0.296. The maximum Gasteiger partial charge on any atom is 0.340 e. The van der Waals surface area contributed by atoms with E-state index in [1.54, 1.807) is 24.3 Å². The van der Waals surface area contributed by atoms with Gasteiger partial charge in [-0.2, -0.15) is 0 Å². The fourth-order valence-corrected chi connectivity index (χ4v) is 1.44. The highest BCUT2D eigenvalue weighted by atomic mass is 16.7. The third-order valence-corrected chi connectivity index (χ3v) is 2.45. The van der Waals surface area contributed by atoms with Gasteiger partial charge in [0.1, 0.15) is 5.75 Å². The van der Waals surface area contributed by atoms with Crippen molar-refractivity contribution < 1.29 is 14.3 Å². The Hall–Kier alpha value is -2.29. The van der Waals surface area contributed by atoms with Crippen molar-refractivity contribution in [1.82, 2.24) is 0 Å². The van der Waals surface area contributed by atoms with E-state index in [1.165, 1.54) is 0 Å². The third kappa shape index (κ3) is 3.35. The Morgan fingerprint density at radius 3 is 2.33 bits per heavy atom. The molecule has 18 heavy (non-hydrogen) atoms. The van der Waals surface area contributed by atoms with E-state index >= 15 is 0 Å². The summed E-state index contributed by atoms with van der Waals surface area (Å²) in [5.41, 5.74) is 1.67. The number of hydrogen-bond donors (Lipinski definition) is 0. The number of hydrogen-bond acceptors (Lipinski definition) is 3. The molecule has 0 aliphatic rings. The molecule has 3 nitrogen and oxygen atoms in total. The van der Waals surface area contributed by atoms with E-state index in [1.807, 2.05) is 37.3 Å². The Kier molecular flexibility index (Phi) is 3.97. The summed E-state index contributed by atoms with van der Waals surface area (Å²) in [6.45, 7) is 1.91. The van der Waals surface area contributed by atoms with Crippen LogP contribution in [0.2, 0.25) is 0 Å². The molecule has 0 spiro atoms. The predicted octanol–water partition coefficient (Wildman–Crippen LogP) is 3.19. The average Bonchev–Trinajstić information content (AvgIpc) is 2.42. The summed E-state index contributed by atoms with van der Waals surface area (Å²) >= 11 is 0. The fraction of sp³-hybridized carbons (Fsp3) is 0.133. The zero-order chi connectivity index (χ0) is 12.8. The lowest BCUT2D eigenvalue weighted by molar-refractivity contribution is 0.0154. The molecule has 0 aliphatic carbocycles. The normalized spacial score (nSPS) is 9.83. The first-order valence-corrected chi connectivity index (χ1v) is 5.67. The highest BCUT2D eigenvalue weighted by Gasteiger charge is 2.05. The molecular weight excluding hydrogens is 228 g/mol. The van der Waals surface area contributed by atoms with Crippen LogP contribution >= 0.6 is 0 Å². The molecule has 2 rings (SSSR count). The average molecular weight is 242 g/mol. The molecule has 0 radical (unpaired) electrons. The molecule has 0 aromatic heterocycles. The first kappa shape index (κ1) is 12.2. The summed E-state index contributed by atoms with van der Waals surface area (Å²) in [4.78, 5) is 11.6. The summed E-state index contributed by atoms with van der Waals surface area (Å²) in [7, 11) is 0. The largest absolute Gasteiger partial charge is 0.457 e. The summed E-state index contributed by atoms with van der Waals surface area (Å²) in [6, 6.07) is 16.4. The van der Waals surface area contributed by atoms with Crippen molar-refractivity contribution in [2.24, 2.45) is 0 Å². The minimum absolute atomic E-state index is 0.0865. The second-order valence-corrected chi connectivity index (χ2v) is 3.87. The van der Waals surface area contributed by atoms with E-state index in [9.17, 15) is 4.79 Å². The SMILES string of the molecule is Cc1ccc(OCOC(=O)c2ccccc2)cc1. The first-order chi connectivity index (χ1) is 8.75. The lowest BCUT2D eigenvalue weighted by Gasteiger charge is -2.07. The fourth-order valence-electron chi connectivity index (χ4n) is 1.44. The molecule has 0 unspecified atom stereocenters. The van der Waals surface area contributed by atoms with Crippen LogP contribution in [0.5, 0.6) is 5.75 Å². The predicted molar refractivity (Wildman–Crippen MR) is 68.5 cm³/mol. The highest BCUT2D eigenvalue weighted by molar-refractivity contribution is 5.89. The van der Waals surface area contributed by atoms with Gasteiger partial charge in [0.25, 0.3) is 0 Å². The van der Waals surface area contributed by atoms with E-state index in [0.29, 0.717) is 11.3 Å². The maximum atomic E-state index is 11.6. The third-order valence-electron chi connectivity index (χ3n) is 2.45. The lowest BCUT2D eigenvalue weighted by Crippen LogP contribution is -2.10. The number of rotatable bonds is 4. The minimum atomic E-state index is -0.386. The van der Waals surface area contributed by atoms with Crippen LogP contribution in [0.4, 0.5) is 0 Å². The molecule has 0 aliphatic heterocycles. The summed E-state index contributed by atoms with van der Waals surface area (Å²) in [6.07, 6.45) is 0. The molecule has 0 saturated carbocycles. The van der Waals surface area contributed by atoms with Gasteiger partial charge in [-0.3, -0.25) is 0 Å². The smallest absolute Gasteiger partial charge is 0.340 e. The minimum Gasteiger partial charge on any atom is -0.457 e. The second-order valence-electron chi connectivity index (χ2n) is 3.87. The van der Waals surface area contributed by atoms with Crippen molar-refractivity contribution in [1.29, 1.82) is 0 Å². The van der Waals surface area contributed by atoms with E-state index in [2.05, 4.69) is 0 Å². The number of carbonyl (C=O) groups is 1. The van der Waals surface area contributed by atoms with E-state index in [0.717, 1.165) is 5.56 Å². The van der Waals surface area contributed by atoms with Crippen LogP contribution < -0.4 is 4.74 Å². The molecule has 0 bridgehead atoms. The molecule has 92 valence electrons. The molecular formula is C15H14O3. The highest BCUT2D eigenvalue weighted by Crippen LogP contribution is 2.11. The van der Waals surface area contributed by atoms with Crippen LogP contribution in [0.25, 0.3) is 0 Å². The van der Waals surface area contributed by atoms with Gasteiger partial charge in [0, 0.05) is 0 Å². The van der Waals surface area contributed by atoms with Crippen molar-refractivity contribution >= 4 is 5.97 Å². The standard InChI is InChI=1S/C15H14O3/c1-12-7-9-14(10-8-12)17-11-18-15(16)13-5-3-2-4-6-13/h2-10H,11H2,1H3. The lowest BCUT2D eigenvalue weighted by atomic mass is 10.2. The number of esters is 1. The van der Waals surface area contributed by atoms with Gasteiger partial charge in [-0.1, -0.05) is 35.9 Å². The Labute approximate surface area is 106 Å². The van der Waals surface area contributed by atoms with Crippen LogP contribution in [-0.2, 0) is 4.74 Å². The molecule has 0 saturated heterocycles. The van der Waals surface area contributed by atoms with Gasteiger partial charge in [-0.05, 0) is 31.2 Å². The van der Waals surface area contributed by atoms with Gasteiger partial charge >= 0.3 is 5.97 Å². The van der Waals surface area contributed by atoms with Crippen molar-refractivity contribution in [3.05, 3.63) is 65.7 Å². The molecule has 2 aromatic rings. The molecule has 3 heteroatoms. The summed E-state index contributed by atoms with van der Waals surface area (Å²) < 4.78 is 10.3.